The summed E-state index contributed by atoms with van der Waals surface area (Å²) in [6.07, 6.45) is 7.34. The summed E-state index contributed by atoms with van der Waals surface area (Å²) >= 11 is 0. The van der Waals surface area contributed by atoms with Crippen LogP contribution in [0.4, 0.5) is 0 Å². The summed E-state index contributed by atoms with van der Waals surface area (Å²) in [7, 11) is 0. The second-order valence-electron chi connectivity index (χ2n) is 3.80. The highest BCUT2D eigenvalue weighted by Gasteiger charge is 2.23. The number of imide groups is 1. The molecular weight excluding hydrogens is 166 g/mol. The van der Waals surface area contributed by atoms with Crippen LogP contribution < -0.4 is 0 Å². The van der Waals surface area contributed by atoms with Crippen LogP contribution in [0, 0.1) is 5.92 Å². The van der Waals surface area contributed by atoms with Crippen molar-refractivity contribution in [3.05, 3.63) is 0 Å². The Morgan fingerprint density at radius 3 is 2.15 bits per heavy atom. The van der Waals surface area contributed by atoms with Gasteiger partial charge in [0.2, 0.25) is 12.8 Å². The first-order valence-corrected chi connectivity index (χ1v) is 4.97. The van der Waals surface area contributed by atoms with Crippen LogP contribution >= 0.6 is 0 Å². The van der Waals surface area contributed by atoms with E-state index in [1.165, 1.54) is 24.2 Å². The molecule has 0 N–H and O–H groups in total. The Balaban J connectivity index is 2.47. The maximum Gasteiger partial charge on any atom is 0.216 e. The first kappa shape index (κ1) is 10.2. The third-order valence-corrected chi connectivity index (χ3v) is 3.05. The molecular formula is C10H17NO2. The molecule has 0 aromatic rings. The van der Waals surface area contributed by atoms with Crippen LogP contribution in [-0.2, 0) is 9.59 Å². The Bertz CT molecular complexity index is 168. The van der Waals surface area contributed by atoms with Crippen molar-refractivity contribution in [1.29, 1.82) is 0 Å². The van der Waals surface area contributed by atoms with E-state index < -0.39 is 0 Å². The Morgan fingerprint density at radius 2 is 1.69 bits per heavy atom. The van der Waals surface area contributed by atoms with Crippen LogP contribution in [0.1, 0.15) is 39.0 Å². The highest BCUT2D eigenvalue weighted by molar-refractivity contribution is 5.69. The molecule has 74 valence electrons. The van der Waals surface area contributed by atoms with Gasteiger partial charge in [-0.1, -0.05) is 19.3 Å². The molecule has 1 aliphatic carbocycles. The molecule has 0 bridgehead atoms. The third kappa shape index (κ3) is 2.54. The van der Waals surface area contributed by atoms with E-state index in [0.717, 1.165) is 12.8 Å². The van der Waals surface area contributed by atoms with Gasteiger partial charge < -0.3 is 0 Å². The van der Waals surface area contributed by atoms with E-state index in [2.05, 4.69) is 0 Å². The number of carbonyl (C=O) groups excluding carboxylic acids is 2. The lowest BCUT2D eigenvalue weighted by Crippen LogP contribution is -2.37. The van der Waals surface area contributed by atoms with Gasteiger partial charge in [-0.2, -0.15) is 0 Å². The Hall–Kier alpha value is -0.860. The topological polar surface area (TPSA) is 37.4 Å². The van der Waals surface area contributed by atoms with Crippen molar-refractivity contribution in [2.75, 3.05) is 0 Å². The molecule has 0 radical (unpaired) electrons. The van der Waals surface area contributed by atoms with Crippen LogP contribution in [0.3, 0.4) is 0 Å². The van der Waals surface area contributed by atoms with Crippen molar-refractivity contribution in [2.45, 2.75) is 45.1 Å². The molecule has 0 aromatic carbocycles. The molecule has 1 atom stereocenters. The van der Waals surface area contributed by atoms with Crippen LogP contribution in [0.2, 0.25) is 0 Å². The summed E-state index contributed by atoms with van der Waals surface area (Å²) in [6, 6.07) is 0.0790. The average Bonchev–Trinajstić information content (AvgIpc) is 2.21. The molecule has 0 aromatic heterocycles. The van der Waals surface area contributed by atoms with E-state index in [-0.39, 0.29) is 6.04 Å². The summed E-state index contributed by atoms with van der Waals surface area (Å²) in [5.74, 6) is 0.518. The van der Waals surface area contributed by atoms with Gasteiger partial charge in [0, 0.05) is 6.04 Å². The van der Waals surface area contributed by atoms with E-state index >= 15 is 0 Å². The smallest absolute Gasteiger partial charge is 0.216 e. The molecule has 1 unspecified atom stereocenters. The highest BCUT2D eigenvalue weighted by Crippen LogP contribution is 2.27. The lowest BCUT2D eigenvalue weighted by atomic mass is 9.84. The fourth-order valence-electron chi connectivity index (χ4n) is 2.08. The van der Waals surface area contributed by atoms with Gasteiger partial charge in [-0.05, 0) is 25.7 Å². The summed E-state index contributed by atoms with van der Waals surface area (Å²) in [5.41, 5.74) is 0. The predicted octanol–water partition coefficient (Wildman–Crippen LogP) is 1.57. The molecule has 3 heteroatoms. The Morgan fingerprint density at radius 1 is 1.15 bits per heavy atom. The van der Waals surface area contributed by atoms with Crippen molar-refractivity contribution in [1.82, 2.24) is 4.90 Å². The van der Waals surface area contributed by atoms with Crippen molar-refractivity contribution in [3.8, 4) is 0 Å². The summed E-state index contributed by atoms with van der Waals surface area (Å²) < 4.78 is 0. The first-order chi connectivity index (χ1) is 6.29. The number of nitrogens with zero attached hydrogens (tertiary/aromatic N) is 1. The fourth-order valence-corrected chi connectivity index (χ4v) is 2.08. The number of hydrogen-bond donors (Lipinski definition) is 0. The molecule has 1 aliphatic rings. The maximum absolute atomic E-state index is 10.5. The zero-order valence-electron chi connectivity index (χ0n) is 8.11. The molecule has 1 rings (SSSR count). The van der Waals surface area contributed by atoms with Crippen LogP contribution in [0.25, 0.3) is 0 Å². The monoisotopic (exact) mass is 183 g/mol. The maximum atomic E-state index is 10.5. The standard InChI is InChI=1S/C10H17NO2/c1-9(11(7-12)8-13)10-5-3-2-4-6-10/h7-10H,2-6H2,1H3. The van der Waals surface area contributed by atoms with Crippen molar-refractivity contribution >= 4 is 12.8 Å². The van der Waals surface area contributed by atoms with Gasteiger partial charge in [0.15, 0.2) is 0 Å². The van der Waals surface area contributed by atoms with Gasteiger partial charge in [0.1, 0.15) is 0 Å². The molecule has 3 nitrogen and oxygen atoms in total. The van der Waals surface area contributed by atoms with Crippen LogP contribution in [-0.4, -0.2) is 23.8 Å². The number of carbonyl (C=O) groups is 2. The second kappa shape index (κ2) is 5.00. The van der Waals surface area contributed by atoms with Crippen molar-refractivity contribution in [2.24, 2.45) is 5.92 Å². The van der Waals surface area contributed by atoms with Gasteiger partial charge in [-0.25, -0.2) is 0 Å². The first-order valence-electron chi connectivity index (χ1n) is 4.97. The van der Waals surface area contributed by atoms with Crippen LogP contribution in [0.5, 0.6) is 0 Å². The van der Waals surface area contributed by atoms with E-state index in [4.69, 9.17) is 0 Å². The lowest BCUT2D eigenvalue weighted by Gasteiger charge is -2.30. The quantitative estimate of drug-likeness (QED) is 0.620. The number of amides is 2. The van der Waals surface area contributed by atoms with Gasteiger partial charge in [0.05, 0.1) is 0 Å². The largest absolute Gasteiger partial charge is 0.285 e. The Labute approximate surface area is 79.1 Å². The van der Waals surface area contributed by atoms with Crippen molar-refractivity contribution < 1.29 is 9.59 Å². The minimum atomic E-state index is 0.0790. The zero-order valence-corrected chi connectivity index (χ0v) is 8.11. The minimum absolute atomic E-state index is 0.0790. The van der Waals surface area contributed by atoms with E-state index in [1.807, 2.05) is 6.92 Å². The number of hydrogen-bond acceptors (Lipinski definition) is 2. The van der Waals surface area contributed by atoms with E-state index in [1.54, 1.807) is 0 Å². The average molecular weight is 183 g/mol. The molecule has 2 amide bonds. The lowest BCUT2D eigenvalue weighted by molar-refractivity contribution is -0.132. The van der Waals surface area contributed by atoms with E-state index in [0.29, 0.717) is 18.7 Å². The van der Waals surface area contributed by atoms with Gasteiger partial charge in [0.25, 0.3) is 0 Å². The molecule has 1 fully saturated rings. The molecule has 1 saturated carbocycles. The highest BCUT2D eigenvalue weighted by atomic mass is 16.2. The minimum Gasteiger partial charge on any atom is -0.285 e. The van der Waals surface area contributed by atoms with Crippen molar-refractivity contribution in [3.63, 3.8) is 0 Å². The van der Waals surface area contributed by atoms with E-state index in [9.17, 15) is 9.59 Å². The van der Waals surface area contributed by atoms with Gasteiger partial charge >= 0.3 is 0 Å². The SMILES string of the molecule is CC(C1CCCCC1)N(C=O)C=O. The molecule has 0 heterocycles. The fraction of sp³-hybridized carbons (Fsp3) is 0.800. The third-order valence-electron chi connectivity index (χ3n) is 3.05. The summed E-state index contributed by atoms with van der Waals surface area (Å²) in [5, 5.41) is 0. The Kier molecular flexibility index (Phi) is 3.93. The zero-order chi connectivity index (χ0) is 9.68. The summed E-state index contributed by atoms with van der Waals surface area (Å²) in [6.45, 7) is 1.96. The van der Waals surface area contributed by atoms with Crippen LogP contribution in [0.15, 0.2) is 0 Å². The van der Waals surface area contributed by atoms with Gasteiger partial charge in [-0.3, -0.25) is 14.5 Å². The normalized spacial score (nSPS) is 20.7. The second-order valence-corrected chi connectivity index (χ2v) is 3.80. The van der Waals surface area contributed by atoms with Gasteiger partial charge in [-0.15, -0.1) is 0 Å². The summed E-state index contributed by atoms with van der Waals surface area (Å²) in [4.78, 5) is 22.3. The molecule has 13 heavy (non-hydrogen) atoms. The molecule has 0 aliphatic heterocycles. The molecule has 0 spiro atoms. The predicted molar refractivity (Wildman–Crippen MR) is 50.0 cm³/mol. The number of rotatable bonds is 4. The molecule has 0 saturated heterocycles.